The van der Waals surface area contributed by atoms with Crippen LogP contribution in [0.15, 0.2) is 36.4 Å². The van der Waals surface area contributed by atoms with Gasteiger partial charge >= 0.3 is 0 Å². The van der Waals surface area contributed by atoms with Crippen LogP contribution in [0.5, 0.6) is 0 Å². The third-order valence-corrected chi connectivity index (χ3v) is 3.73. The van der Waals surface area contributed by atoms with Crippen molar-refractivity contribution in [2.24, 2.45) is 0 Å². The minimum atomic E-state index is -0.253. The SMILES string of the molecule is Nc1cccc2c1CN(Cc1ccc(Cl)cc1F)C2. The highest BCUT2D eigenvalue weighted by Crippen LogP contribution is 2.29. The van der Waals surface area contributed by atoms with Gasteiger partial charge in [0.05, 0.1) is 0 Å². The predicted octanol–water partition coefficient (Wildman–Crippen LogP) is 3.58. The molecule has 3 rings (SSSR count). The summed E-state index contributed by atoms with van der Waals surface area (Å²) in [5.41, 5.74) is 9.83. The molecule has 0 aliphatic carbocycles. The van der Waals surface area contributed by atoms with E-state index in [0.717, 1.165) is 24.3 Å². The average molecular weight is 277 g/mol. The molecule has 1 aliphatic rings. The second kappa shape index (κ2) is 4.83. The Morgan fingerprint density at radius 1 is 1.21 bits per heavy atom. The van der Waals surface area contributed by atoms with Gasteiger partial charge in [-0.05, 0) is 29.3 Å². The molecule has 1 heterocycles. The van der Waals surface area contributed by atoms with Crippen LogP contribution in [0.2, 0.25) is 5.02 Å². The van der Waals surface area contributed by atoms with E-state index >= 15 is 0 Å². The molecule has 0 saturated heterocycles. The van der Waals surface area contributed by atoms with Crippen molar-refractivity contribution in [3.05, 3.63) is 63.9 Å². The minimum absolute atomic E-state index is 0.253. The molecule has 0 spiro atoms. The van der Waals surface area contributed by atoms with E-state index in [1.165, 1.54) is 11.6 Å². The van der Waals surface area contributed by atoms with Crippen molar-refractivity contribution < 1.29 is 4.39 Å². The lowest BCUT2D eigenvalue weighted by Crippen LogP contribution is -2.16. The Bertz CT molecular complexity index is 628. The third-order valence-electron chi connectivity index (χ3n) is 3.49. The van der Waals surface area contributed by atoms with Crippen molar-refractivity contribution in [2.75, 3.05) is 5.73 Å². The molecule has 0 unspecified atom stereocenters. The van der Waals surface area contributed by atoms with Crippen LogP contribution in [0, 0.1) is 5.82 Å². The zero-order valence-corrected chi connectivity index (χ0v) is 11.1. The first kappa shape index (κ1) is 12.5. The first-order valence-corrected chi connectivity index (χ1v) is 6.54. The van der Waals surface area contributed by atoms with Gasteiger partial charge in [0.1, 0.15) is 5.82 Å². The van der Waals surface area contributed by atoms with Gasteiger partial charge in [-0.3, -0.25) is 4.90 Å². The van der Waals surface area contributed by atoms with Gasteiger partial charge in [-0.2, -0.15) is 0 Å². The molecule has 2 N–H and O–H groups in total. The van der Waals surface area contributed by atoms with Crippen molar-refractivity contribution in [2.45, 2.75) is 19.6 Å². The standard InChI is InChI=1S/C15H14ClFN2/c16-12-5-4-11(14(17)6-12)8-19-7-10-2-1-3-15(18)13(10)9-19/h1-6H,7-9,18H2. The number of halogens is 2. The summed E-state index contributed by atoms with van der Waals surface area (Å²) in [6.07, 6.45) is 0. The highest BCUT2D eigenvalue weighted by atomic mass is 35.5. The largest absolute Gasteiger partial charge is 0.398 e. The number of hydrogen-bond donors (Lipinski definition) is 1. The molecule has 1 aliphatic heterocycles. The van der Waals surface area contributed by atoms with Crippen LogP contribution in [0.1, 0.15) is 16.7 Å². The lowest BCUT2D eigenvalue weighted by molar-refractivity contribution is 0.271. The number of nitrogen functional groups attached to an aromatic ring is 1. The fourth-order valence-corrected chi connectivity index (χ4v) is 2.68. The summed E-state index contributed by atoms with van der Waals surface area (Å²) in [4.78, 5) is 2.17. The van der Waals surface area contributed by atoms with Crippen LogP contribution >= 0.6 is 11.6 Å². The van der Waals surface area contributed by atoms with Gasteiger partial charge in [0, 0.05) is 35.9 Å². The maximum absolute atomic E-state index is 13.8. The molecule has 0 radical (unpaired) electrons. The van der Waals surface area contributed by atoms with Gasteiger partial charge in [-0.25, -0.2) is 4.39 Å². The fraction of sp³-hybridized carbons (Fsp3) is 0.200. The van der Waals surface area contributed by atoms with Gasteiger partial charge in [-0.1, -0.05) is 29.8 Å². The molecular formula is C15H14ClFN2. The van der Waals surface area contributed by atoms with Crippen LogP contribution in [0.3, 0.4) is 0 Å². The normalized spacial score (nSPS) is 14.6. The first-order chi connectivity index (χ1) is 9.13. The summed E-state index contributed by atoms with van der Waals surface area (Å²) < 4.78 is 13.8. The van der Waals surface area contributed by atoms with E-state index in [9.17, 15) is 4.39 Å². The number of fused-ring (bicyclic) bond motifs is 1. The second-order valence-corrected chi connectivity index (χ2v) is 5.30. The summed E-state index contributed by atoms with van der Waals surface area (Å²) >= 11 is 5.76. The summed E-state index contributed by atoms with van der Waals surface area (Å²) in [6.45, 7) is 2.14. The Morgan fingerprint density at radius 2 is 2.05 bits per heavy atom. The highest BCUT2D eigenvalue weighted by Gasteiger charge is 2.21. The molecule has 0 saturated carbocycles. The Morgan fingerprint density at radius 3 is 2.79 bits per heavy atom. The lowest BCUT2D eigenvalue weighted by Gasteiger charge is -2.15. The maximum atomic E-state index is 13.8. The van der Waals surface area contributed by atoms with Crippen molar-refractivity contribution >= 4 is 17.3 Å². The smallest absolute Gasteiger partial charge is 0.129 e. The topological polar surface area (TPSA) is 29.3 Å². The van der Waals surface area contributed by atoms with Crippen molar-refractivity contribution in [3.8, 4) is 0 Å². The quantitative estimate of drug-likeness (QED) is 0.850. The molecule has 0 atom stereocenters. The van der Waals surface area contributed by atoms with Gasteiger partial charge < -0.3 is 5.73 Å². The molecule has 2 aromatic carbocycles. The van der Waals surface area contributed by atoms with Gasteiger partial charge in [0.15, 0.2) is 0 Å². The summed E-state index contributed by atoms with van der Waals surface area (Å²) in [6, 6.07) is 10.8. The molecule has 98 valence electrons. The van der Waals surface area contributed by atoms with Crippen LogP contribution in [0.4, 0.5) is 10.1 Å². The summed E-state index contributed by atoms with van der Waals surface area (Å²) in [5.74, 6) is -0.253. The van der Waals surface area contributed by atoms with E-state index in [1.807, 2.05) is 12.1 Å². The van der Waals surface area contributed by atoms with Crippen molar-refractivity contribution in [3.63, 3.8) is 0 Å². The van der Waals surface area contributed by atoms with Crippen LogP contribution in [-0.2, 0) is 19.6 Å². The van der Waals surface area contributed by atoms with Crippen molar-refractivity contribution in [1.29, 1.82) is 0 Å². The first-order valence-electron chi connectivity index (χ1n) is 6.16. The predicted molar refractivity (Wildman–Crippen MR) is 75.2 cm³/mol. The summed E-state index contributed by atoms with van der Waals surface area (Å²) in [7, 11) is 0. The van der Waals surface area contributed by atoms with Gasteiger partial charge in [-0.15, -0.1) is 0 Å². The zero-order valence-electron chi connectivity index (χ0n) is 10.4. The highest BCUT2D eigenvalue weighted by molar-refractivity contribution is 6.30. The Labute approximate surface area is 116 Å². The van der Waals surface area contributed by atoms with E-state index in [-0.39, 0.29) is 5.82 Å². The fourth-order valence-electron chi connectivity index (χ4n) is 2.52. The molecule has 2 nitrogen and oxygen atoms in total. The van der Waals surface area contributed by atoms with E-state index in [2.05, 4.69) is 11.0 Å². The monoisotopic (exact) mass is 276 g/mol. The maximum Gasteiger partial charge on any atom is 0.129 e. The number of hydrogen-bond acceptors (Lipinski definition) is 2. The zero-order chi connectivity index (χ0) is 13.4. The van der Waals surface area contributed by atoms with E-state index < -0.39 is 0 Å². The van der Waals surface area contributed by atoms with Crippen LogP contribution < -0.4 is 5.73 Å². The Balaban J connectivity index is 1.79. The molecule has 4 heteroatoms. The molecule has 0 fully saturated rings. The molecule has 0 aromatic heterocycles. The lowest BCUT2D eigenvalue weighted by atomic mass is 10.1. The van der Waals surface area contributed by atoms with Crippen molar-refractivity contribution in [1.82, 2.24) is 4.90 Å². The molecular weight excluding hydrogens is 263 g/mol. The number of nitrogens with two attached hydrogens (primary N) is 1. The average Bonchev–Trinajstić information content (AvgIpc) is 2.77. The van der Waals surface area contributed by atoms with Gasteiger partial charge in [0.25, 0.3) is 0 Å². The van der Waals surface area contributed by atoms with E-state index in [4.69, 9.17) is 17.3 Å². The van der Waals surface area contributed by atoms with Crippen LogP contribution in [-0.4, -0.2) is 4.90 Å². The Kier molecular flexibility index (Phi) is 3.17. The number of nitrogens with zero attached hydrogens (tertiary/aromatic N) is 1. The molecule has 2 aromatic rings. The molecule has 19 heavy (non-hydrogen) atoms. The Hall–Kier alpha value is -1.58. The number of anilines is 1. The van der Waals surface area contributed by atoms with E-state index in [0.29, 0.717) is 17.1 Å². The third kappa shape index (κ3) is 2.44. The molecule has 0 bridgehead atoms. The second-order valence-electron chi connectivity index (χ2n) is 4.87. The van der Waals surface area contributed by atoms with E-state index in [1.54, 1.807) is 12.1 Å². The molecule has 0 amide bonds. The van der Waals surface area contributed by atoms with Gasteiger partial charge in [0.2, 0.25) is 0 Å². The minimum Gasteiger partial charge on any atom is -0.398 e. The number of rotatable bonds is 2. The summed E-state index contributed by atoms with van der Waals surface area (Å²) in [5, 5.41) is 0.426. The van der Waals surface area contributed by atoms with Crippen LogP contribution in [0.25, 0.3) is 0 Å². The number of benzene rings is 2.